The van der Waals surface area contributed by atoms with E-state index in [0.29, 0.717) is 11.5 Å². The number of hydrogen-bond acceptors (Lipinski definition) is 4. The van der Waals surface area contributed by atoms with Gasteiger partial charge in [-0.3, -0.25) is 9.59 Å². The summed E-state index contributed by atoms with van der Waals surface area (Å²) < 4.78 is 49.2. The molecule has 2 aromatic carbocycles. The molecule has 28 heavy (non-hydrogen) atoms. The first-order valence-corrected chi connectivity index (χ1v) is 8.17. The number of ether oxygens (including phenoxy) is 2. The summed E-state index contributed by atoms with van der Waals surface area (Å²) in [7, 11) is 2.88. The quantitative estimate of drug-likeness (QED) is 0.781. The van der Waals surface area contributed by atoms with Crippen molar-refractivity contribution >= 4 is 17.5 Å². The lowest BCUT2D eigenvalue weighted by Gasteiger charge is -2.18. The number of nitrogens with one attached hydrogen (secondary N) is 1. The van der Waals surface area contributed by atoms with Crippen LogP contribution in [0, 0.1) is 0 Å². The minimum atomic E-state index is -4.60. The van der Waals surface area contributed by atoms with Crippen molar-refractivity contribution in [1.29, 1.82) is 0 Å². The molecule has 2 amide bonds. The molecule has 2 aromatic rings. The predicted octanol–water partition coefficient (Wildman–Crippen LogP) is 3.19. The summed E-state index contributed by atoms with van der Waals surface area (Å²) >= 11 is 0. The van der Waals surface area contributed by atoms with Crippen LogP contribution in [0.4, 0.5) is 18.9 Å². The van der Waals surface area contributed by atoms with Crippen LogP contribution in [0.5, 0.6) is 11.5 Å². The van der Waals surface area contributed by atoms with E-state index in [-0.39, 0.29) is 12.3 Å². The third kappa shape index (κ3) is 5.90. The van der Waals surface area contributed by atoms with Crippen LogP contribution in [0.1, 0.15) is 5.56 Å². The van der Waals surface area contributed by atoms with Gasteiger partial charge in [-0.15, -0.1) is 0 Å². The van der Waals surface area contributed by atoms with E-state index < -0.39 is 30.1 Å². The predicted molar refractivity (Wildman–Crippen MR) is 96.2 cm³/mol. The van der Waals surface area contributed by atoms with Crippen LogP contribution in [-0.2, 0) is 15.8 Å². The number of carbonyl (C=O) groups excluding carboxylic acids is 2. The lowest BCUT2D eigenvalue weighted by molar-refractivity contribution is -0.137. The molecule has 9 heteroatoms. The zero-order valence-corrected chi connectivity index (χ0v) is 15.2. The van der Waals surface area contributed by atoms with Gasteiger partial charge in [-0.25, -0.2) is 0 Å². The monoisotopic (exact) mass is 396 g/mol. The van der Waals surface area contributed by atoms with E-state index in [1.54, 1.807) is 24.3 Å². The Bertz CT molecular complexity index is 823. The summed E-state index contributed by atoms with van der Waals surface area (Å²) in [6.07, 6.45) is -4.60. The number of rotatable bonds is 7. The SMILES string of the molecule is COc1ccc(OCC(=O)N(C)CC(=O)Nc2ccccc2C(F)(F)F)cc1. The van der Waals surface area contributed by atoms with E-state index in [4.69, 9.17) is 9.47 Å². The van der Waals surface area contributed by atoms with Crippen LogP contribution in [0.25, 0.3) is 0 Å². The minimum absolute atomic E-state index is 0.324. The summed E-state index contributed by atoms with van der Waals surface area (Å²) in [5.74, 6) is -0.190. The molecule has 2 rings (SSSR count). The molecule has 0 bridgehead atoms. The van der Waals surface area contributed by atoms with E-state index in [1.165, 1.54) is 26.3 Å². The van der Waals surface area contributed by atoms with Crippen LogP contribution >= 0.6 is 0 Å². The van der Waals surface area contributed by atoms with Crippen LogP contribution in [0.2, 0.25) is 0 Å². The van der Waals surface area contributed by atoms with Crippen molar-refractivity contribution < 1.29 is 32.2 Å². The maximum atomic E-state index is 13.0. The second-order valence-electron chi connectivity index (χ2n) is 5.81. The molecule has 0 spiro atoms. The van der Waals surface area contributed by atoms with Gasteiger partial charge in [0.1, 0.15) is 11.5 Å². The van der Waals surface area contributed by atoms with Crippen molar-refractivity contribution in [3.05, 3.63) is 54.1 Å². The van der Waals surface area contributed by atoms with Gasteiger partial charge in [0.05, 0.1) is 24.9 Å². The van der Waals surface area contributed by atoms with Crippen LogP contribution in [0.3, 0.4) is 0 Å². The molecule has 0 aliphatic rings. The highest BCUT2D eigenvalue weighted by atomic mass is 19.4. The molecule has 0 saturated carbocycles. The number of anilines is 1. The van der Waals surface area contributed by atoms with Crippen LogP contribution in [-0.4, -0.2) is 44.0 Å². The summed E-state index contributed by atoms with van der Waals surface area (Å²) in [4.78, 5) is 25.2. The van der Waals surface area contributed by atoms with E-state index in [0.717, 1.165) is 17.0 Å². The molecule has 0 unspecified atom stereocenters. The highest BCUT2D eigenvalue weighted by molar-refractivity contribution is 5.95. The van der Waals surface area contributed by atoms with Gasteiger partial charge in [-0.2, -0.15) is 13.2 Å². The molecule has 1 N–H and O–H groups in total. The molecule has 0 saturated heterocycles. The standard InChI is InChI=1S/C19H19F3N2O4/c1-24(18(26)12-28-14-9-7-13(27-2)8-10-14)11-17(25)23-16-6-4-3-5-15(16)19(20,21)22/h3-10H,11-12H2,1-2H3,(H,23,25). The molecule has 0 aliphatic carbocycles. The summed E-state index contributed by atoms with van der Waals surface area (Å²) in [6, 6.07) is 11.2. The number of hydrogen-bond donors (Lipinski definition) is 1. The smallest absolute Gasteiger partial charge is 0.418 e. The Hall–Kier alpha value is -3.23. The molecule has 0 aliphatic heterocycles. The van der Waals surface area contributed by atoms with Crippen LogP contribution in [0.15, 0.2) is 48.5 Å². The first kappa shape index (κ1) is 21.1. The largest absolute Gasteiger partial charge is 0.497 e. The molecular formula is C19H19F3N2O4. The molecule has 0 heterocycles. The summed E-state index contributed by atoms with van der Waals surface area (Å²) in [6.45, 7) is -0.744. The first-order valence-electron chi connectivity index (χ1n) is 8.17. The Morgan fingerprint density at radius 3 is 2.25 bits per heavy atom. The van der Waals surface area contributed by atoms with E-state index in [2.05, 4.69) is 5.32 Å². The van der Waals surface area contributed by atoms with Gasteiger partial charge in [0.25, 0.3) is 5.91 Å². The second-order valence-corrected chi connectivity index (χ2v) is 5.81. The third-order valence-electron chi connectivity index (χ3n) is 3.73. The second kappa shape index (κ2) is 9.12. The van der Waals surface area contributed by atoms with Crippen molar-refractivity contribution in [2.75, 3.05) is 32.6 Å². The van der Waals surface area contributed by atoms with E-state index in [1.807, 2.05) is 0 Å². The van der Waals surface area contributed by atoms with Crippen molar-refractivity contribution in [2.24, 2.45) is 0 Å². The number of methoxy groups -OCH3 is 1. The Morgan fingerprint density at radius 1 is 1.04 bits per heavy atom. The lowest BCUT2D eigenvalue weighted by atomic mass is 10.1. The van der Waals surface area contributed by atoms with Gasteiger partial charge in [-0.05, 0) is 36.4 Å². The van der Waals surface area contributed by atoms with Crippen LogP contribution < -0.4 is 14.8 Å². The zero-order chi connectivity index (χ0) is 20.7. The number of amides is 2. The van der Waals surface area contributed by atoms with Gasteiger partial charge in [0.15, 0.2) is 6.61 Å². The molecule has 150 valence electrons. The number of likely N-dealkylation sites (N-methyl/N-ethyl adjacent to an activating group) is 1. The number of para-hydroxylation sites is 1. The first-order chi connectivity index (χ1) is 13.2. The Balaban J connectivity index is 1.88. The third-order valence-corrected chi connectivity index (χ3v) is 3.73. The molecule has 0 radical (unpaired) electrons. The lowest BCUT2D eigenvalue weighted by Crippen LogP contribution is -2.37. The highest BCUT2D eigenvalue weighted by Crippen LogP contribution is 2.34. The molecule has 0 aromatic heterocycles. The van der Waals surface area contributed by atoms with Gasteiger partial charge >= 0.3 is 6.18 Å². The van der Waals surface area contributed by atoms with Crippen molar-refractivity contribution in [2.45, 2.75) is 6.18 Å². The molecule has 0 fully saturated rings. The maximum absolute atomic E-state index is 13.0. The number of benzene rings is 2. The molecular weight excluding hydrogens is 377 g/mol. The van der Waals surface area contributed by atoms with Crippen molar-refractivity contribution in [3.63, 3.8) is 0 Å². The average molecular weight is 396 g/mol. The Labute approximate surface area is 159 Å². The Morgan fingerprint density at radius 2 is 1.64 bits per heavy atom. The topological polar surface area (TPSA) is 67.9 Å². The fourth-order valence-corrected chi connectivity index (χ4v) is 2.26. The van der Waals surface area contributed by atoms with Gasteiger partial charge in [-0.1, -0.05) is 12.1 Å². The summed E-state index contributed by atoms with van der Waals surface area (Å²) in [5, 5.41) is 2.18. The minimum Gasteiger partial charge on any atom is -0.497 e. The van der Waals surface area contributed by atoms with E-state index >= 15 is 0 Å². The molecule has 6 nitrogen and oxygen atoms in total. The van der Waals surface area contributed by atoms with Gasteiger partial charge < -0.3 is 19.7 Å². The van der Waals surface area contributed by atoms with E-state index in [9.17, 15) is 22.8 Å². The normalized spacial score (nSPS) is 10.9. The average Bonchev–Trinajstić information content (AvgIpc) is 2.65. The number of nitrogens with zero attached hydrogens (tertiary/aromatic N) is 1. The highest BCUT2D eigenvalue weighted by Gasteiger charge is 2.33. The number of alkyl halides is 3. The van der Waals surface area contributed by atoms with Gasteiger partial charge in [0.2, 0.25) is 5.91 Å². The summed E-state index contributed by atoms with van der Waals surface area (Å²) in [5.41, 5.74) is -1.32. The van der Waals surface area contributed by atoms with Crippen molar-refractivity contribution in [1.82, 2.24) is 4.90 Å². The maximum Gasteiger partial charge on any atom is 0.418 e. The fraction of sp³-hybridized carbons (Fsp3) is 0.263. The number of carbonyl (C=O) groups is 2. The fourth-order valence-electron chi connectivity index (χ4n) is 2.26. The Kier molecular flexibility index (Phi) is 6.86. The zero-order valence-electron chi connectivity index (χ0n) is 15.2. The molecule has 0 atom stereocenters. The van der Waals surface area contributed by atoms with Gasteiger partial charge in [0, 0.05) is 7.05 Å². The van der Waals surface area contributed by atoms with Crippen molar-refractivity contribution in [3.8, 4) is 11.5 Å². The number of halogens is 3.